The fraction of sp³-hybridized carbons (Fsp3) is 0.158. The highest BCUT2D eigenvalue weighted by molar-refractivity contribution is 6.23. The van der Waals surface area contributed by atoms with E-state index in [2.05, 4.69) is 9.97 Å². The van der Waals surface area contributed by atoms with E-state index in [0.717, 1.165) is 11.0 Å². The third kappa shape index (κ3) is 2.76. The van der Waals surface area contributed by atoms with Crippen LogP contribution in [0.2, 0.25) is 0 Å². The van der Waals surface area contributed by atoms with Crippen LogP contribution < -0.4 is 0 Å². The number of hydrogen-bond acceptors (Lipinski definition) is 3. The van der Waals surface area contributed by atoms with Crippen molar-refractivity contribution >= 4 is 22.4 Å². The first-order chi connectivity index (χ1) is 12.1. The molecule has 6 heteroatoms. The van der Waals surface area contributed by atoms with Gasteiger partial charge in [0, 0.05) is 6.54 Å². The molecule has 1 aliphatic rings. The van der Waals surface area contributed by atoms with Gasteiger partial charge in [-0.2, -0.15) is 0 Å². The molecule has 0 saturated heterocycles. The van der Waals surface area contributed by atoms with Gasteiger partial charge in [0.2, 0.25) is 0 Å². The summed E-state index contributed by atoms with van der Waals surface area (Å²) in [6.45, 7) is 0.688. The molecule has 1 aliphatic heterocycles. The van der Waals surface area contributed by atoms with E-state index in [4.69, 9.17) is 5.41 Å². The zero-order valence-corrected chi connectivity index (χ0v) is 13.5. The van der Waals surface area contributed by atoms with Gasteiger partial charge in [0.1, 0.15) is 23.2 Å². The molecule has 0 radical (unpaired) electrons. The largest absolute Gasteiger partial charge is 0.510 e. The summed E-state index contributed by atoms with van der Waals surface area (Å²) in [6.07, 6.45) is 0.468. The first-order valence-corrected chi connectivity index (χ1v) is 8.08. The molecule has 2 heterocycles. The Kier molecular flexibility index (Phi) is 3.72. The molecule has 5 nitrogen and oxygen atoms in total. The number of para-hydroxylation sites is 2. The minimum absolute atomic E-state index is 0.109. The van der Waals surface area contributed by atoms with Crippen molar-refractivity contribution in [2.45, 2.75) is 6.42 Å². The number of aliphatic hydroxyl groups is 1. The first kappa shape index (κ1) is 15.4. The second-order valence-corrected chi connectivity index (χ2v) is 6.04. The monoisotopic (exact) mass is 336 g/mol. The maximum absolute atomic E-state index is 13.8. The number of fused-ring (bicyclic) bond motifs is 1. The lowest BCUT2D eigenvalue weighted by Gasteiger charge is -2.18. The summed E-state index contributed by atoms with van der Waals surface area (Å²) in [7, 11) is 0. The van der Waals surface area contributed by atoms with E-state index in [1.54, 1.807) is 23.1 Å². The summed E-state index contributed by atoms with van der Waals surface area (Å²) in [5.41, 5.74) is 2.66. The molecule has 0 unspecified atom stereocenters. The standard InChI is InChI=1S/C19H17FN4O/c20-13-6-2-1-5-12(13)9-10-24-11-16(25)17(18(24)21)19-22-14-7-3-4-8-15(14)23-19/h1-8,21,25H,9-11H2,(H,22,23). The molecule has 3 aromatic rings. The fourth-order valence-corrected chi connectivity index (χ4v) is 3.10. The molecular weight excluding hydrogens is 319 g/mol. The SMILES string of the molecule is N=C1C(c2nc3ccccc3[nH]2)=C(O)CN1CCc1ccccc1F. The number of hydrogen-bond donors (Lipinski definition) is 3. The molecule has 0 spiro atoms. The lowest BCUT2D eigenvalue weighted by molar-refractivity contribution is 0.350. The zero-order chi connectivity index (χ0) is 17.4. The Bertz CT molecular complexity index is 959. The quantitative estimate of drug-likeness (QED) is 0.682. The van der Waals surface area contributed by atoms with Crippen LogP contribution in [0.15, 0.2) is 54.3 Å². The fourth-order valence-electron chi connectivity index (χ4n) is 3.10. The Morgan fingerprint density at radius 2 is 1.92 bits per heavy atom. The maximum Gasteiger partial charge on any atom is 0.145 e. The molecule has 4 rings (SSSR count). The summed E-state index contributed by atoms with van der Waals surface area (Å²) in [5, 5.41) is 18.7. The Morgan fingerprint density at radius 3 is 2.72 bits per heavy atom. The normalized spacial score (nSPS) is 14.8. The third-order valence-corrected chi connectivity index (χ3v) is 4.42. The number of rotatable bonds is 4. The molecule has 0 amide bonds. The van der Waals surface area contributed by atoms with Gasteiger partial charge < -0.3 is 15.0 Å². The van der Waals surface area contributed by atoms with Crippen LogP contribution in [-0.2, 0) is 6.42 Å². The Balaban J connectivity index is 1.54. The van der Waals surface area contributed by atoms with E-state index in [1.807, 2.05) is 24.3 Å². The number of benzene rings is 2. The van der Waals surface area contributed by atoms with Crippen molar-refractivity contribution in [1.29, 1.82) is 5.41 Å². The number of aromatic nitrogens is 2. The first-order valence-electron chi connectivity index (χ1n) is 8.08. The lowest BCUT2D eigenvalue weighted by atomic mass is 10.1. The van der Waals surface area contributed by atoms with Crippen molar-refractivity contribution in [3.8, 4) is 0 Å². The Labute approximate surface area is 143 Å². The molecule has 0 saturated carbocycles. The minimum Gasteiger partial charge on any atom is -0.510 e. The molecule has 126 valence electrons. The van der Waals surface area contributed by atoms with Gasteiger partial charge in [-0.05, 0) is 30.2 Å². The molecule has 25 heavy (non-hydrogen) atoms. The number of imidazole rings is 1. The molecule has 3 N–H and O–H groups in total. The average Bonchev–Trinajstić information content (AvgIpc) is 3.14. The van der Waals surface area contributed by atoms with Crippen molar-refractivity contribution in [1.82, 2.24) is 14.9 Å². The molecule has 0 atom stereocenters. The van der Waals surface area contributed by atoms with Gasteiger partial charge in [0.25, 0.3) is 0 Å². The van der Waals surface area contributed by atoms with Crippen molar-refractivity contribution in [3.05, 3.63) is 71.5 Å². The molecule has 1 aromatic heterocycles. The summed E-state index contributed by atoms with van der Waals surface area (Å²) in [5.74, 6) is 0.547. The summed E-state index contributed by atoms with van der Waals surface area (Å²) in [6, 6.07) is 14.2. The van der Waals surface area contributed by atoms with Crippen LogP contribution in [0, 0.1) is 11.2 Å². The van der Waals surface area contributed by atoms with E-state index in [9.17, 15) is 9.50 Å². The predicted octanol–water partition coefficient (Wildman–Crippen LogP) is 3.51. The van der Waals surface area contributed by atoms with E-state index < -0.39 is 0 Å². The third-order valence-electron chi connectivity index (χ3n) is 4.42. The van der Waals surface area contributed by atoms with E-state index in [1.165, 1.54) is 6.07 Å². The van der Waals surface area contributed by atoms with Crippen LogP contribution >= 0.6 is 0 Å². The van der Waals surface area contributed by atoms with Crippen LogP contribution in [0.5, 0.6) is 0 Å². The van der Waals surface area contributed by atoms with Gasteiger partial charge in [0.15, 0.2) is 0 Å². The highest BCUT2D eigenvalue weighted by Crippen LogP contribution is 2.27. The van der Waals surface area contributed by atoms with Crippen molar-refractivity contribution < 1.29 is 9.50 Å². The van der Waals surface area contributed by atoms with Gasteiger partial charge in [-0.15, -0.1) is 0 Å². The second kappa shape index (κ2) is 6.05. The van der Waals surface area contributed by atoms with Crippen LogP contribution in [0.3, 0.4) is 0 Å². The summed E-state index contributed by atoms with van der Waals surface area (Å²) in [4.78, 5) is 9.33. The maximum atomic E-state index is 13.8. The van der Waals surface area contributed by atoms with E-state index >= 15 is 0 Å². The van der Waals surface area contributed by atoms with E-state index in [0.29, 0.717) is 29.9 Å². The van der Waals surface area contributed by atoms with E-state index in [-0.39, 0.29) is 24.0 Å². The smallest absolute Gasteiger partial charge is 0.145 e. The van der Waals surface area contributed by atoms with Crippen molar-refractivity contribution in [2.75, 3.05) is 13.1 Å². The summed E-state index contributed by atoms with van der Waals surface area (Å²) < 4.78 is 13.8. The number of aromatic amines is 1. The Morgan fingerprint density at radius 1 is 1.16 bits per heavy atom. The van der Waals surface area contributed by atoms with Crippen LogP contribution in [-0.4, -0.2) is 38.9 Å². The predicted molar refractivity (Wildman–Crippen MR) is 95.0 cm³/mol. The molecule has 2 aromatic carbocycles. The van der Waals surface area contributed by atoms with Crippen LogP contribution in [0.25, 0.3) is 16.6 Å². The highest BCUT2D eigenvalue weighted by atomic mass is 19.1. The molecule has 0 aliphatic carbocycles. The van der Waals surface area contributed by atoms with Crippen molar-refractivity contribution in [2.24, 2.45) is 0 Å². The second-order valence-electron chi connectivity index (χ2n) is 6.04. The minimum atomic E-state index is -0.247. The van der Waals surface area contributed by atoms with Crippen LogP contribution in [0.4, 0.5) is 4.39 Å². The Hall–Kier alpha value is -3.15. The number of halogens is 1. The topological polar surface area (TPSA) is 76.0 Å². The number of amidine groups is 1. The van der Waals surface area contributed by atoms with Crippen LogP contribution in [0.1, 0.15) is 11.4 Å². The summed E-state index contributed by atoms with van der Waals surface area (Å²) >= 11 is 0. The number of H-pyrrole nitrogens is 1. The van der Waals surface area contributed by atoms with Gasteiger partial charge in [0.05, 0.1) is 23.2 Å². The van der Waals surface area contributed by atoms with Gasteiger partial charge >= 0.3 is 0 Å². The van der Waals surface area contributed by atoms with Gasteiger partial charge in [-0.1, -0.05) is 30.3 Å². The van der Waals surface area contributed by atoms with Gasteiger partial charge in [-0.3, -0.25) is 5.41 Å². The molecule has 0 bridgehead atoms. The van der Waals surface area contributed by atoms with Gasteiger partial charge in [-0.25, -0.2) is 9.37 Å². The molecule has 0 fully saturated rings. The average molecular weight is 336 g/mol. The lowest BCUT2D eigenvalue weighted by Crippen LogP contribution is -2.29. The number of aliphatic hydroxyl groups excluding tert-OH is 1. The molecular formula is C19H17FN4O. The zero-order valence-electron chi connectivity index (χ0n) is 13.5. The van der Waals surface area contributed by atoms with Crippen molar-refractivity contribution in [3.63, 3.8) is 0 Å². The highest BCUT2D eigenvalue weighted by Gasteiger charge is 2.30. The number of nitrogens with zero attached hydrogens (tertiary/aromatic N) is 2. The number of nitrogens with one attached hydrogen (secondary N) is 2.